The highest BCUT2D eigenvalue weighted by Crippen LogP contribution is 2.24. The molecule has 1 aromatic carbocycles. The van der Waals surface area contributed by atoms with Crippen molar-refractivity contribution < 1.29 is 14.2 Å². The van der Waals surface area contributed by atoms with Crippen LogP contribution < -0.4 is 0 Å². The van der Waals surface area contributed by atoms with Gasteiger partial charge < -0.3 is 4.48 Å². The van der Waals surface area contributed by atoms with Crippen molar-refractivity contribution in [1.29, 1.82) is 0 Å². The predicted octanol–water partition coefficient (Wildman–Crippen LogP) is 1.90. The van der Waals surface area contributed by atoms with Gasteiger partial charge in [0, 0.05) is 6.07 Å². The Labute approximate surface area is 106 Å². The molecule has 0 radical (unpaired) electrons. The van der Waals surface area contributed by atoms with Gasteiger partial charge in [-0.05, 0) is 6.07 Å². The lowest BCUT2D eigenvalue weighted by molar-refractivity contribution is -0.923. The number of benzene rings is 1. The first kappa shape index (κ1) is 12.7. The van der Waals surface area contributed by atoms with E-state index in [4.69, 9.17) is 0 Å². The molecule has 1 aliphatic heterocycles. The minimum absolute atomic E-state index is 0.175. The molecule has 0 N–H and O–H groups in total. The van der Waals surface area contributed by atoms with E-state index in [1.165, 1.54) is 6.07 Å². The summed E-state index contributed by atoms with van der Waals surface area (Å²) in [7, 11) is 2.06. The van der Waals surface area contributed by atoms with Gasteiger partial charge in [-0.2, -0.15) is 0 Å². The van der Waals surface area contributed by atoms with E-state index < -0.39 is 0 Å². The fourth-order valence-electron chi connectivity index (χ4n) is 2.42. The maximum absolute atomic E-state index is 11.3. The first-order chi connectivity index (χ1) is 8.50. The largest absolute Gasteiger partial charge is 0.321 e. The Balaban J connectivity index is 2.18. The molecule has 0 aliphatic carbocycles. The summed E-state index contributed by atoms with van der Waals surface area (Å²) in [5.41, 5.74) is 0.924. The first-order valence-corrected chi connectivity index (χ1v) is 6.08. The predicted molar refractivity (Wildman–Crippen MR) is 67.0 cm³/mol. The maximum atomic E-state index is 11.3. The summed E-state index contributed by atoms with van der Waals surface area (Å²) < 4.78 is 0.705. The summed E-state index contributed by atoms with van der Waals surface area (Å²) >= 11 is 0. The van der Waals surface area contributed by atoms with Crippen LogP contribution in [-0.2, 0) is 11.3 Å². The Hall–Kier alpha value is -1.75. The quantitative estimate of drug-likeness (QED) is 0.467. The van der Waals surface area contributed by atoms with E-state index in [-0.39, 0.29) is 10.6 Å². The van der Waals surface area contributed by atoms with Crippen molar-refractivity contribution in [2.24, 2.45) is 0 Å². The van der Waals surface area contributed by atoms with Crippen molar-refractivity contribution in [3.8, 4) is 0 Å². The standard InChI is InChI=1S/C13H17N2O3/c1-15(8-6-12(16)7-9-15)10-11-4-2-3-5-13(11)14(17)18/h2-5H,6-10H2,1H3/q+1. The number of hydrogen-bond donors (Lipinski definition) is 0. The second kappa shape index (κ2) is 4.86. The second-order valence-corrected chi connectivity index (χ2v) is 5.15. The van der Waals surface area contributed by atoms with Crippen LogP contribution in [0.1, 0.15) is 18.4 Å². The third-order valence-corrected chi connectivity index (χ3v) is 3.60. The van der Waals surface area contributed by atoms with Gasteiger partial charge in [0.25, 0.3) is 5.69 Å². The van der Waals surface area contributed by atoms with E-state index >= 15 is 0 Å². The Morgan fingerprint density at radius 3 is 2.50 bits per heavy atom. The van der Waals surface area contributed by atoms with Crippen molar-refractivity contribution in [3.63, 3.8) is 0 Å². The number of nitro benzene ring substituents is 1. The molecule has 2 rings (SSSR count). The van der Waals surface area contributed by atoms with Crippen LogP contribution in [0, 0.1) is 10.1 Å². The van der Waals surface area contributed by atoms with Gasteiger partial charge in [-0.1, -0.05) is 12.1 Å². The molecule has 0 amide bonds. The lowest BCUT2D eigenvalue weighted by Crippen LogP contribution is -2.49. The monoisotopic (exact) mass is 249 g/mol. The van der Waals surface area contributed by atoms with Gasteiger partial charge in [0.05, 0.1) is 43.5 Å². The number of piperidine rings is 1. The highest BCUT2D eigenvalue weighted by Gasteiger charge is 2.31. The van der Waals surface area contributed by atoms with E-state index in [0.29, 0.717) is 29.7 Å². The Morgan fingerprint density at radius 2 is 1.89 bits per heavy atom. The zero-order valence-electron chi connectivity index (χ0n) is 10.5. The highest BCUT2D eigenvalue weighted by molar-refractivity contribution is 5.79. The molecule has 1 aliphatic rings. The number of nitrogens with zero attached hydrogens (tertiary/aromatic N) is 2. The van der Waals surface area contributed by atoms with Crippen molar-refractivity contribution in [2.75, 3.05) is 20.1 Å². The van der Waals surface area contributed by atoms with Crippen molar-refractivity contribution in [1.82, 2.24) is 0 Å². The van der Waals surface area contributed by atoms with Crippen LogP contribution in [0.5, 0.6) is 0 Å². The number of hydrogen-bond acceptors (Lipinski definition) is 3. The van der Waals surface area contributed by atoms with E-state index in [9.17, 15) is 14.9 Å². The third kappa shape index (κ3) is 2.73. The van der Waals surface area contributed by atoms with Gasteiger partial charge in [-0.25, -0.2) is 0 Å². The number of para-hydroxylation sites is 1. The molecule has 0 saturated carbocycles. The lowest BCUT2D eigenvalue weighted by Gasteiger charge is -2.37. The fraction of sp³-hybridized carbons (Fsp3) is 0.462. The Bertz CT molecular complexity index is 475. The molecule has 0 bridgehead atoms. The average Bonchev–Trinajstić information content (AvgIpc) is 2.34. The number of nitro groups is 1. The minimum Gasteiger partial charge on any atom is -0.321 e. The second-order valence-electron chi connectivity index (χ2n) is 5.15. The van der Waals surface area contributed by atoms with Crippen molar-refractivity contribution >= 4 is 11.5 Å². The molecule has 1 heterocycles. The number of ketones is 1. The summed E-state index contributed by atoms with van der Waals surface area (Å²) in [6.07, 6.45) is 1.16. The number of carbonyl (C=O) groups is 1. The minimum atomic E-state index is -0.337. The van der Waals surface area contributed by atoms with Gasteiger partial charge in [0.15, 0.2) is 0 Å². The summed E-state index contributed by atoms with van der Waals surface area (Å²) in [6, 6.07) is 6.85. The van der Waals surface area contributed by atoms with Crippen LogP contribution in [-0.4, -0.2) is 35.3 Å². The number of likely N-dealkylation sites (tertiary alicyclic amines) is 1. The molecule has 1 aromatic rings. The summed E-state index contributed by atoms with van der Waals surface area (Å²) in [4.78, 5) is 21.9. The SMILES string of the molecule is C[N+]1(Cc2ccccc2[N+](=O)[O-])CCC(=O)CC1. The van der Waals surface area contributed by atoms with Crippen LogP contribution in [0.2, 0.25) is 0 Å². The highest BCUT2D eigenvalue weighted by atomic mass is 16.6. The maximum Gasteiger partial charge on any atom is 0.278 e. The van der Waals surface area contributed by atoms with Crippen LogP contribution in [0.3, 0.4) is 0 Å². The molecule has 5 nitrogen and oxygen atoms in total. The van der Waals surface area contributed by atoms with Gasteiger partial charge in [0.1, 0.15) is 12.3 Å². The zero-order valence-corrected chi connectivity index (χ0v) is 10.5. The van der Waals surface area contributed by atoms with Crippen LogP contribution in [0.25, 0.3) is 0 Å². The molecule has 5 heteroatoms. The molecule has 1 fully saturated rings. The Morgan fingerprint density at radius 1 is 1.28 bits per heavy atom. The van der Waals surface area contributed by atoms with Gasteiger partial charge in [-0.3, -0.25) is 14.9 Å². The van der Waals surface area contributed by atoms with Gasteiger partial charge in [0.2, 0.25) is 0 Å². The molecule has 96 valence electrons. The smallest absolute Gasteiger partial charge is 0.278 e. The zero-order chi connectivity index (χ0) is 13.2. The number of rotatable bonds is 3. The summed E-state index contributed by atoms with van der Waals surface area (Å²) in [6.45, 7) is 2.15. The topological polar surface area (TPSA) is 60.2 Å². The number of Topliss-reactive ketones (excluding diaryl/α,β-unsaturated/α-hetero) is 1. The van der Waals surface area contributed by atoms with Crippen LogP contribution in [0.15, 0.2) is 24.3 Å². The van der Waals surface area contributed by atoms with Crippen LogP contribution >= 0.6 is 0 Å². The van der Waals surface area contributed by atoms with E-state index in [0.717, 1.165) is 18.7 Å². The molecular weight excluding hydrogens is 232 g/mol. The molecular formula is C13H17N2O3+. The van der Waals surface area contributed by atoms with Crippen LogP contribution in [0.4, 0.5) is 5.69 Å². The van der Waals surface area contributed by atoms with Gasteiger partial charge in [-0.15, -0.1) is 0 Å². The lowest BCUT2D eigenvalue weighted by atomic mass is 10.0. The molecule has 0 spiro atoms. The molecule has 1 saturated heterocycles. The van der Waals surface area contributed by atoms with E-state index in [2.05, 4.69) is 7.05 Å². The molecule has 18 heavy (non-hydrogen) atoms. The number of quaternary nitrogens is 1. The van der Waals surface area contributed by atoms with E-state index in [1.54, 1.807) is 12.1 Å². The molecule has 0 aromatic heterocycles. The normalized spacial score (nSPS) is 18.6. The Kier molecular flexibility index (Phi) is 3.43. The van der Waals surface area contributed by atoms with Crippen molar-refractivity contribution in [2.45, 2.75) is 19.4 Å². The molecule has 0 atom stereocenters. The third-order valence-electron chi connectivity index (χ3n) is 3.60. The van der Waals surface area contributed by atoms with Crippen molar-refractivity contribution in [3.05, 3.63) is 39.9 Å². The fourth-order valence-corrected chi connectivity index (χ4v) is 2.42. The number of carbonyl (C=O) groups excluding carboxylic acids is 1. The first-order valence-electron chi connectivity index (χ1n) is 6.08. The average molecular weight is 249 g/mol. The van der Waals surface area contributed by atoms with Gasteiger partial charge >= 0.3 is 0 Å². The summed E-state index contributed by atoms with van der Waals surface area (Å²) in [5.74, 6) is 0.299. The summed E-state index contributed by atoms with van der Waals surface area (Å²) in [5, 5.41) is 11.0. The van der Waals surface area contributed by atoms with E-state index in [1.807, 2.05) is 6.07 Å². The molecule has 0 unspecified atom stereocenters.